The molecule has 0 saturated carbocycles. The summed E-state index contributed by atoms with van der Waals surface area (Å²) in [5.41, 5.74) is 0.809. The molecule has 0 spiro atoms. The van der Waals surface area contributed by atoms with Crippen molar-refractivity contribution in [1.29, 1.82) is 0 Å². The number of carboxylic acids is 1. The molecule has 0 aromatic heterocycles. The molecule has 6 nitrogen and oxygen atoms in total. The number of carbonyl (C=O) groups is 3. The summed E-state index contributed by atoms with van der Waals surface area (Å²) in [6.07, 6.45) is 1.99. The molecule has 0 aliphatic heterocycles. The van der Waals surface area contributed by atoms with Gasteiger partial charge in [-0.25, -0.2) is 4.79 Å². The highest BCUT2D eigenvalue weighted by molar-refractivity contribution is 7.80. The molecule has 7 heteroatoms. The first kappa shape index (κ1) is 24.8. The average Bonchev–Trinajstić information content (AvgIpc) is 2.64. The lowest BCUT2D eigenvalue weighted by Gasteiger charge is -2.25. The number of thiocarbonyl (C=S) groups is 1. The van der Waals surface area contributed by atoms with E-state index in [0.29, 0.717) is 17.7 Å². The van der Waals surface area contributed by atoms with Crippen LogP contribution in [0.2, 0.25) is 0 Å². The smallest absolute Gasteiger partial charge is 0.326 e. The highest BCUT2D eigenvalue weighted by Gasteiger charge is 2.29. The van der Waals surface area contributed by atoms with Crippen LogP contribution in [0.5, 0.6) is 0 Å². The number of benzene rings is 1. The van der Waals surface area contributed by atoms with Crippen molar-refractivity contribution in [3.05, 3.63) is 35.9 Å². The van der Waals surface area contributed by atoms with Gasteiger partial charge < -0.3 is 15.7 Å². The molecule has 0 heterocycles. The first-order valence-electron chi connectivity index (χ1n) is 10.0. The minimum Gasteiger partial charge on any atom is -0.480 e. The fraction of sp³-hybridized carbons (Fsp3) is 0.545. The molecule has 0 saturated heterocycles. The minimum atomic E-state index is -1.12. The number of nitrogens with one attached hydrogen (secondary N) is 2. The lowest BCUT2D eigenvalue weighted by molar-refractivity contribution is -0.142. The zero-order valence-electron chi connectivity index (χ0n) is 17.6. The highest BCUT2D eigenvalue weighted by Crippen LogP contribution is 2.13. The van der Waals surface area contributed by atoms with Crippen molar-refractivity contribution in [3.8, 4) is 0 Å². The van der Waals surface area contributed by atoms with Gasteiger partial charge in [0.1, 0.15) is 12.1 Å². The number of aliphatic carboxylic acids is 1. The molecule has 160 valence electrons. The predicted octanol–water partition coefficient (Wildman–Crippen LogP) is 3.14. The van der Waals surface area contributed by atoms with Crippen LogP contribution in [0.15, 0.2) is 30.3 Å². The largest absolute Gasteiger partial charge is 0.480 e. The van der Waals surface area contributed by atoms with Crippen LogP contribution in [0.25, 0.3) is 0 Å². The fourth-order valence-corrected chi connectivity index (χ4v) is 3.33. The van der Waals surface area contributed by atoms with Gasteiger partial charge in [-0.05, 0) is 31.2 Å². The second-order valence-corrected chi connectivity index (χ2v) is 8.38. The molecular formula is C22H32N2O4S. The van der Waals surface area contributed by atoms with Crippen LogP contribution >= 0.6 is 12.2 Å². The number of amides is 2. The van der Waals surface area contributed by atoms with Gasteiger partial charge in [-0.2, -0.15) is 0 Å². The monoisotopic (exact) mass is 420 g/mol. The fourth-order valence-electron chi connectivity index (χ4n) is 3.11. The SMILES string of the molecule is CCCC(C(=O)NC(CC(C)C)C(=O)NC(Cc1ccccc1)C(=O)O)C(C)=S. The Morgan fingerprint density at radius 1 is 1.03 bits per heavy atom. The Hall–Kier alpha value is -2.28. The number of hydrogen-bond donors (Lipinski definition) is 3. The van der Waals surface area contributed by atoms with E-state index in [1.807, 2.05) is 51.1 Å². The summed E-state index contributed by atoms with van der Waals surface area (Å²) >= 11 is 5.20. The number of hydrogen-bond acceptors (Lipinski definition) is 4. The van der Waals surface area contributed by atoms with Gasteiger partial charge in [0, 0.05) is 11.3 Å². The van der Waals surface area contributed by atoms with Gasteiger partial charge in [0.2, 0.25) is 11.8 Å². The molecule has 2 amide bonds. The Morgan fingerprint density at radius 2 is 1.62 bits per heavy atom. The van der Waals surface area contributed by atoms with Crippen molar-refractivity contribution in [1.82, 2.24) is 10.6 Å². The normalized spacial score (nSPS) is 14.0. The summed E-state index contributed by atoms with van der Waals surface area (Å²) in [7, 11) is 0. The van der Waals surface area contributed by atoms with Crippen molar-refractivity contribution in [3.63, 3.8) is 0 Å². The van der Waals surface area contributed by atoms with Gasteiger partial charge in [0.05, 0.1) is 5.92 Å². The Bertz CT molecular complexity index is 706. The van der Waals surface area contributed by atoms with Crippen LogP contribution in [0, 0.1) is 11.8 Å². The molecule has 0 aliphatic rings. The van der Waals surface area contributed by atoms with E-state index in [9.17, 15) is 19.5 Å². The third-order valence-electron chi connectivity index (χ3n) is 4.62. The van der Waals surface area contributed by atoms with Crippen LogP contribution in [0.1, 0.15) is 52.5 Å². The van der Waals surface area contributed by atoms with Crippen molar-refractivity contribution in [2.24, 2.45) is 11.8 Å². The number of rotatable bonds is 12. The van der Waals surface area contributed by atoms with Crippen molar-refractivity contribution >= 4 is 34.9 Å². The van der Waals surface area contributed by atoms with E-state index in [-0.39, 0.29) is 18.2 Å². The Balaban J connectivity index is 2.91. The van der Waals surface area contributed by atoms with Crippen molar-refractivity contribution in [2.75, 3.05) is 0 Å². The van der Waals surface area contributed by atoms with Crippen molar-refractivity contribution in [2.45, 2.75) is 65.5 Å². The predicted molar refractivity (Wildman–Crippen MR) is 118 cm³/mol. The van der Waals surface area contributed by atoms with Gasteiger partial charge in [-0.3, -0.25) is 9.59 Å². The molecule has 29 heavy (non-hydrogen) atoms. The third-order valence-corrected chi connectivity index (χ3v) is 4.91. The van der Waals surface area contributed by atoms with Gasteiger partial charge in [-0.1, -0.05) is 69.7 Å². The molecule has 1 rings (SSSR count). The lowest BCUT2D eigenvalue weighted by Crippen LogP contribution is -2.53. The van der Waals surface area contributed by atoms with Crippen LogP contribution in [-0.2, 0) is 20.8 Å². The molecule has 1 aromatic carbocycles. The molecule has 3 atom stereocenters. The summed E-state index contributed by atoms with van der Waals surface area (Å²) in [6, 6.07) is 7.22. The quantitative estimate of drug-likeness (QED) is 0.452. The summed E-state index contributed by atoms with van der Waals surface area (Å²) in [5, 5.41) is 14.9. The maximum atomic E-state index is 12.8. The van der Waals surface area contributed by atoms with Crippen LogP contribution in [0.4, 0.5) is 0 Å². The van der Waals surface area contributed by atoms with Crippen LogP contribution in [-0.4, -0.2) is 39.8 Å². The standard InChI is InChI=1S/C22H32N2O4S/c1-5-9-17(15(4)29)20(25)23-18(12-14(2)3)21(26)24-19(22(27)28)13-16-10-7-6-8-11-16/h6-8,10-11,14,17-19H,5,9,12-13H2,1-4H3,(H,23,25)(H,24,26)(H,27,28). The lowest BCUT2D eigenvalue weighted by atomic mass is 9.97. The third kappa shape index (κ3) is 8.73. The number of carboxylic acid groups (broad SMARTS) is 1. The molecule has 3 unspecified atom stereocenters. The van der Waals surface area contributed by atoms with Gasteiger partial charge >= 0.3 is 5.97 Å². The first-order chi connectivity index (χ1) is 13.6. The van der Waals surface area contributed by atoms with E-state index in [1.165, 1.54) is 0 Å². The Labute approximate surface area is 178 Å². The van der Waals surface area contributed by atoms with Gasteiger partial charge in [0.25, 0.3) is 0 Å². The zero-order valence-corrected chi connectivity index (χ0v) is 18.4. The molecule has 0 aliphatic carbocycles. The van der Waals surface area contributed by atoms with Crippen LogP contribution in [0.3, 0.4) is 0 Å². The van der Waals surface area contributed by atoms with E-state index >= 15 is 0 Å². The van der Waals surface area contributed by atoms with Gasteiger partial charge in [0.15, 0.2) is 0 Å². The van der Waals surface area contributed by atoms with Crippen molar-refractivity contribution < 1.29 is 19.5 Å². The zero-order chi connectivity index (χ0) is 22.0. The second kappa shape index (κ2) is 12.3. The molecule has 0 fully saturated rings. The highest BCUT2D eigenvalue weighted by atomic mass is 32.1. The van der Waals surface area contributed by atoms with E-state index in [2.05, 4.69) is 10.6 Å². The molecule has 3 N–H and O–H groups in total. The maximum absolute atomic E-state index is 12.8. The summed E-state index contributed by atoms with van der Waals surface area (Å²) in [5.74, 6) is -2.18. The Kier molecular flexibility index (Phi) is 10.5. The minimum absolute atomic E-state index is 0.140. The number of carbonyl (C=O) groups excluding carboxylic acids is 2. The summed E-state index contributed by atoms with van der Waals surface area (Å²) in [6.45, 7) is 7.59. The summed E-state index contributed by atoms with van der Waals surface area (Å²) in [4.78, 5) is 37.8. The molecule has 0 radical (unpaired) electrons. The van der Waals surface area contributed by atoms with E-state index in [1.54, 1.807) is 6.92 Å². The molecule has 0 bridgehead atoms. The van der Waals surface area contributed by atoms with E-state index < -0.39 is 29.9 Å². The van der Waals surface area contributed by atoms with E-state index in [4.69, 9.17) is 12.2 Å². The van der Waals surface area contributed by atoms with Crippen LogP contribution < -0.4 is 10.6 Å². The molecule has 1 aromatic rings. The van der Waals surface area contributed by atoms with E-state index in [0.717, 1.165) is 12.0 Å². The average molecular weight is 421 g/mol. The first-order valence-corrected chi connectivity index (χ1v) is 10.4. The Morgan fingerprint density at radius 3 is 2.10 bits per heavy atom. The van der Waals surface area contributed by atoms with Gasteiger partial charge in [-0.15, -0.1) is 0 Å². The molecular weight excluding hydrogens is 388 g/mol. The second-order valence-electron chi connectivity index (χ2n) is 7.73. The topological polar surface area (TPSA) is 95.5 Å². The maximum Gasteiger partial charge on any atom is 0.326 e. The summed E-state index contributed by atoms with van der Waals surface area (Å²) < 4.78 is 0.